The number of halogens is 1. The Kier molecular flexibility index (Phi) is 3.23. The molecule has 0 aliphatic heterocycles. The van der Waals surface area contributed by atoms with Crippen LogP contribution < -0.4 is 0 Å². The Hall–Kier alpha value is -1.39. The van der Waals surface area contributed by atoms with Gasteiger partial charge in [-0.3, -0.25) is 9.59 Å². The quantitative estimate of drug-likeness (QED) is 0.595. The zero-order chi connectivity index (χ0) is 9.02. The van der Waals surface area contributed by atoms with E-state index in [0.29, 0.717) is 0 Å². The number of aliphatic carboxylic acids is 2. The first-order chi connectivity index (χ1) is 4.95. The van der Waals surface area contributed by atoms with Crippen LogP contribution in [-0.2, 0) is 9.59 Å². The van der Waals surface area contributed by atoms with E-state index in [9.17, 15) is 14.0 Å². The highest BCUT2D eigenvalue weighted by Crippen LogP contribution is 2.11. The highest BCUT2D eigenvalue weighted by atomic mass is 19.1. The molecule has 0 aromatic heterocycles. The maximum atomic E-state index is 12.0. The summed E-state index contributed by atoms with van der Waals surface area (Å²) in [6, 6.07) is 0. The number of hydrogen-bond acceptors (Lipinski definition) is 2. The van der Waals surface area contributed by atoms with Crippen LogP contribution in [0.2, 0.25) is 0 Å². The van der Waals surface area contributed by atoms with Crippen molar-refractivity contribution in [1.29, 1.82) is 0 Å². The fourth-order valence-electron chi connectivity index (χ4n) is 0.502. The summed E-state index contributed by atoms with van der Waals surface area (Å²) in [7, 11) is 0. The fraction of sp³-hybridized carbons (Fsp3) is 0.333. The van der Waals surface area contributed by atoms with Crippen LogP contribution >= 0.6 is 0 Å². The van der Waals surface area contributed by atoms with E-state index in [1.54, 1.807) is 0 Å². The lowest BCUT2D eigenvalue weighted by Gasteiger charge is -2.03. The molecule has 0 aromatic carbocycles. The van der Waals surface area contributed by atoms with Crippen LogP contribution in [0.25, 0.3) is 0 Å². The average Bonchev–Trinajstić information content (AvgIpc) is 1.81. The third-order valence-corrected chi connectivity index (χ3v) is 1.02. The smallest absolute Gasteiger partial charge is 0.318 e. The standard InChI is InChI=1S/C6H7FO4/c1-3(7)2-4(5(8)9)6(10)11/h4H,1-2H2,(H,8,9)(H,10,11). The lowest BCUT2D eigenvalue weighted by molar-refractivity contribution is -0.154. The SMILES string of the molecule is C=C(F)CC(C(=O)O)C(=O)O. The van der Waals surface area contributed by atoms with Gasteiger partial charge in [-0.15, -0.1) is 0 Å². The van der Waals surface area contributed by atoms with Crippen molar-refractivity contribution in [2.45, 2.75) is 6.42 Å². The normalized spacial score (nSPS) is 9.64. The van der Waals surface area contributed by atoms with Gasteiger partial charge >= 0.3 is 11.9 Å². The van der Waals surface area contributed by atoms with Crippen molar-refractivity contribution in [1.82, 2.24) is 0 Å². The number of allylic oxidation sites excluding steroid dienone is 1. The number of hydrogen-bond donors (Lipinski definition) is 2. The van der Waals surface area contributed by atoms with E-state index in [1.165, 1.54) is 0 Å². The summed E-state index contributed by atoms with van der Waals surface area (Å²) >= 11 is 0. The summed E-state index contributed by atoms with van der Waals surface area (Å²) in [5.74, 6) is -5.79. The van der Waals surface area contributed by atoms with E-state index >= 15 is 0 Å². The van der Waals surface area contributed by atoms with Gasteiger partial charge in [-0.1, -0.05) is 6.58 Å². The lowest BCUT2D eigenvalue weighted by Crippen LogP contribution is -2.23. The van der Waals surface area contributed by atoms with E-state index in [-0.39, 0.29) is 0 Å². The van der Waals surface area contributed by atoms with Gasteiger partial charge in [-0.05, 0) is 0 Å². The van der Waals surface area contributed by atoms with Gasteiger partial charge in [0, 0.05) is 6.42 Å². The summed E-state index contributed by atoms with van der Waals surface area (Å²) in [5.41, 5.74) is 0. The van der Waals surface area contributed by atoms with Crippen molar-refractivity contribution < 1.29 is 24.2 Å². The molecule has 2 N–H and O–H groups in total. The average molecular weight is 162 g/mol. The molecule has 5 heteroatoms. The minimum Gasteiger partial charge on any atom is -0.481 e. The van der Waals surface area contributed by atoms with E-state index in [2.05, 4.69) is 6.58 Å². The molecule has 0 bridgehead atoms. The molecule has 0 unspecified atom stereocenters. The highest BCUT2D eigenvalue weighted by Gasteiger charge is 2.26. The zero-order valence-electron chi connectivity index (χ0n) is 5.58. The molecule has 0 aliphatic rings. The topological polar surface area (TPSA) is 74.6 Å². The van der Waals surface area contributed by atoms with Gasteiger partial charge in [-0.2, -0.15) is 0 Å². The van der Waals surface area contributed by atoms with Crippen molar-refractivity contribution in [3.63, 3.8) is 0 Å². The summed E-state index contributed by atoms with van der Waals surface area (Å²) in [5, 5.41) is 16.4. The third-order valence-electron chi connectivity index (χ3n) is 1.02. The Morgan fingerprint density at radius 3 is 1.82 bits per heavy atom. The molecule has 4 nitrogen and oxygen atoms in total. The monoisotopic (exact) mass is 162 g/mol. The molecule has 0 aliphatic carbocycles. The third kappa shape index (κ3) is 3.34. The number of rotatable bonds is 4. The Labute approximate surface area is 62.0 Å². The molecule has 0 fully saturated rings. The highest BCUT2D eigenvalue weighted by molar-refractivity contribution is 5.93. The van der Waals surface area contributed by atoms with Crippen LogP contribution in [0.1, 0.15) is 6.42 Å². The molecule has 0 radical (unpaired) electrons. The first kappa shape index (κ1) is 9.61. The second-order valence-electron chi connectivity index (χ2n) is 1.95. The van der Waals surface area contributed by atoms with Crippen LogP contribution in [0.4, 0.5) is 4.39 Å². The van der Waals surface area contributed by atoms with Crippen LogP contribution in [0.3, 0.4) is 0 Å². The Bertz CT molecular complexity index is 185. The molecule has 0 atom stereocenters. The first-order valence-electron chi connectivity index (χ1n) is 2.74. The first-order valence-corrected chi connectivity index (χ1v) is 2.74. The molecule has 62 valence electrons. The predicted molar refractivity (Wildman–Crippen MR) is 33.6 cm³/mol. The van der Waals surface area contributed by atoms with E-state index < -0.39 is 30.1 Å². The largest absolute Gasteiger partial charge is 0.481 e. The molecule has 11 heavy (non-hydrogen) atoms. The number of carboxylic acid groups (broad SMARTS) is 2. The van der Waals surface area contributed by atoms with Gasteiger partial charge < -0.3 is 10.2 Å². The second-order valence-corrected chi connectivity index (χ2v) is 1.95. The van der Waals surface area contributed by atoms with Crippen molar-refractivity contribution in [2.24, 2.45) is 5.92 Å². The van der Waals surface area contributed by atoms with Crippen LogP contribution in [-0.4, -0.2) is 22.2 Å². The molecular weight excluding hydrogens is 155 g/mol. The number of carbonyl (C=O) groups is 2. The van der Waals surface area contributed by atoms with Gasteiger partial charge in [0.2, 0.25) is 0 Å². The van der Waals surface area contributed by atoms with Crippen molar-refractivity contribution in [2.75, 3.05) is 0 Å². The molecule has 0 amide bonds. The maximum Gasteiger partial charge on any atom is 0.318 e. The Morgan fingerprint density at radius 1 is 1.36 bits per heavy atom. The Balaban J connectivity index is 4.23. The molecule has 0 saturated carbocycles. The summed E-state index contributed by atoms with van der Waals surface area (Å²) in [4.78, 5) is 20.2. The molecule has 0 saturated heterocycles. The molecular formula is C6H7FO4. The molecule has 0 rings (SSSR count). The fourth-order valence-corrected chi connectivity index (χ4v) is 0.502. The summed E-state index contributed by atoms with van der Waals surface area (Å²) < 4.78 is 12.0. The molecule has 0 heterocycles. The van der Waals surface area contributed by atoms with Crippen LogP contribution in [0.15, 0.2) is 12.4 Å². The van der Waals surface area contributed by atoms with E-state index in [0.717, 1.165) is 0 Å². The van der Waals surface area contributed by atoms with Crippen molar-refractivity contribution in [3.05, 3.63) is 12.4 Å². The van der Waals surface area contributed by atoms with Crippen molar-refractivity contribution in [3.8, 4) is 0 Å². The maximum absolute atomic E-state index is 12.0. The Morgan fingerprint density at radius 2 is 1.73 bits per heavy atom. The van der Waals surface area contributed by atoms with Crippen molar-refractivity contribution >= 4 is 11.9 Å². The minimum atomic E-state index is -1.73. The van der Waals surface area contributed by atoms with Crippen LogP contribution in [0, 0.1) is 5.92 Å². The van der Waals surface area contributed by atoms with Gasteiger partial charge in [0.1, 0.15) is 0 Å². The second kappa shape index (κ2) is 3.70. The lowest BCUT2D eigenvalue weighted by atomic mass is 10.1. The zero-order valence-corrected chi connectivity index (χ0v) is 5.58. The summed E-state index contributed by atoms with van der Waals surface area (Å²) in [6.07, 6.45) is -0.676. The molecule has 0 aromatic rings. The molecule has 0 spiro atoms. The van der Waals surface area contributed by atoms with Gasteiger partial charge in [0.25, 0.3) is 0 Å². The predicted octanol–water partition coefficient (Wildman–Crippen LogP) is 0.645. The van der Waals surface area contributed by atoms with E-state index in [1.807, 2.05) is 0 Å². The minimum absolute atomic E-state index is 0.676. The van der Waals surface area contributed by atoms with Gasteiger partial charge in [-0.25, -0.2) is 4.39 Å². The van der Waals surface area contributed by atoms with Gasteiger partial charge in [0.15, 0.2) is 5.92 Å². The number of carboxylic acids is 2. The van der Waals surface area contributed by atoms with Crippen LogP contribution in [0.5, 0.6) is 0 Å². The summed E-state index contributed by atoms with van der Waals surface area (Å²) in [6.45, 7) is 2.77. The van der Waals surface area contributed by atoms with E-state index in [4.69, 9.17) is 10.2 Å². The van der Waals surface area contributed by atoms with Gasteiger partial charge in [0.05, 0.1) is 5.83 Å².